The normalized spacial score (nSPS) is 15.3. The van der Waals surface area contributed by atoms with Crippen molar-refractivity contribution in [2.75, 3.05) is 36.0 Å². The molecule has 0 atom stereocenters. The predicted molar refractivity (Wildman–Crippen MR) is 101 cm³/mol. The number of aryl methyl sites for hydroxylation is 2. The average Bonchev–Trinajstić information content (AvgIpc) is 2.83. The molecule has 1 fully saturated rings. The van der Waals surface area contributed by atoms with Gasteiger partial charge in [-0.15, -0.1) is 0 Å². The minimum atomic E-state index is 0.438. The SMILES string of the molecule is Cc1nc(N2CCN(c3ccc(C#N)c(C)n3)CC(C)C2)ccc1C#N. The number of nitrogens with zero attached hydrogens (tertiary/aromatic N) is 6. The highest BCUT2D eigenvalue weighted by atomic mass is 15.3. The van der Waals surface area contributed by atoms with Crippen molar-refractivity contribution in [3.8, 4) is 12.1 Å². The fourth-order valence-corrected chi connectivity index (χ4v) is 3.33. The molecule has 0 radical (unpaired) electrons. The molecule has 6 heteroatoms. The van der Waals surface area contributed by atoms with E-state index in [0.29, 0.717) is 17.0 Å². The van der Waals surface area contributed by atoms with Gasteiger partial charge in [0.25, 0.3) is 0 Å². The molecule has 1 saturated heterocycles. The fourth-order valence-electron chi connectivity index (χ4n) is 3.33. The van der Waals surface area contributed by atoms with E-state index < -0.39 is 0 Å². The van der Waals surface area contributed by atoms with Crippen molar-refractivity contribution < 1.29 is 0 Å². The maximum absolute atomic E-state index is 9.09. The van der Waals surface area contributed by atoms with Crippen molar-refractivity contribution >= 4 is 11.6 Å². The number of anilines is 2. The second-order valence-corrected chi connectivity index (χ2v) is 6.83. The first-order valence-corrected chi connectivity index (χ1v) is 8.77. The lowest BCUT2D eigenvalue weighted by molar-refractivity contribution is 0.591. The van der Waals surface area contributed by atoms with E-state index in [1.54, 1.807) is 0 Å². The molecule has 2 aromatic heterocycles. The Hall–Kier alpha value is -3.12. The molecule has 2 aromatic rings. The van der Waals surface area contributed by atoms with Crippen LogP contribution >= 0.6 is 0 Å². The zero-order valence-corrected chi connectivity index (χ0v) is 15.4. The number of rotatable bonds is 2. The third-order valence-electron chi connectivity index (χ3n) is 4.74. The molecule has 0 aliphatic carbocycles. The molecule has 0 N–H and O–H groups in total. The molecule has 3 rings (SSSR count). The summed E-state index contributed by atoms with van der Waals surface area (Å²) in [6, 6.07) is 11.9. The first kappa shape index (κ1) is 17.7. The lowest BCUT2D eigenvalue weighted by Crippen LogP contribution is -2.31. The Morgan fingerprint density at radius 2 is 1.27 bits per heavy atom. The molecule has 132 valence electrons. The van der Waals surface area contributed by atoms with Crippen molar-refractivity contribution in [3.05, 3.63) is 46.8 Å². The standard InChI is InChI=1S/C20H22N6/c1-14-12-25(19-6-4-17(10-21)15(2)23-19)8-9-26(13-14)20-7-5-18(11-22)16(3)24-20/h4-7,14H,8-9,12-13H2,1-3H3. The molecule has 0 unspecified atom stereocenters. The molecule has 0 spiro atoms. The van der Waals surface area contributed by atoms with E-state index in [1.165, 1.54) is 0 Å². The largest absolute Gasteiger partial charge is 0.355 e. The number of nitriles is 2. The number of pyridine rings is 2. The van der Waals surface area contributed by atoms with Crippen LogP contribution in [0.5, 0.6) is 0 Å². The van der Waals surface area contributed by atoms with Gasteiger partial charge in [0.1, 0.15) is 23.8 Å². The first-order chi connectivity index (χ1) is 12.5. The Bertz CT molecular complexity index is 819. The quantitative estimate of drug-likeness (QED) is 0.832. The minimum Gasteiger partial charge on any atom is -0.355 e. The number of aromatic nitrogens is 2. The van der Waals surface area contributed by atoms with Crippen molar-refractivity contribution in [3.63, 3.8) is 0 Å². The molecule has 1 aliphatic heterocycles. The van der Waals surface area contributed by atoms with Gasteiger partial charge in [-0.3, -0.25) is 0 Å². The summed E-state index contributed by atoms with van der Waals surface area (Å²) in [4.78, 5) is 13.8. The summed E-state index contributed by atoms with van der Waals surface area (Å²) < 4.78 is 0. The zero-order valence-electron chi connectivity index (χ0n) is 15.4. The molecule has 6 nitrogen and oxygen atoms in total. The molecule has 0 bridgehead atoms. The Balaban J connectivity index is 1.80. The molecule has 1 aliphatic rings. The van der Waals surface area contributed by atoms with Crippen LogP contribution in [0.15, 0.2) is 24.3 Å². The van der Waals surface area contributed by atoms with Crippen molar-refractivity contribution in [2.45, 2.75) is 20.8 Å². The smallest absolute Gasteiger partial charge is 0.128 e. The second kappa shape index (κ2) is 7.41. The van der Waals surface area contributed by atoms with Gasteiger partial charge in [0, 0.05) is 26.2 Å². The van der Waals surface area contributed by atoms with Crippen LogP contribution < -0.4 is 9.80 Å². The van der Waals surface area contributed by atoms with Gasteiger partial charge in [-0.25, -0.2) is 9.97 Å². The Morgan fingerprint density at radius 1 is 0.846 bits per heavy atom. The van der Waals surface area contributed by atoms with E-state index in [-0.39, 0.29) is 0 Å². The van der Waals surface area contributed by atoms with E-state index in [9.17, 15) is 0 Å². The predicted octanol–water partition coefficient (Wildman–Crippen LogP) is 2.80. The number of hydrogen-bond acceptors (Lipinski definition) is 6. The molecule has 3 heterocycles. The van der Waals surface area contributed by atoms with Gasteiger partial charge in [-0.1, -0.05) is 6.92 Å². The molecule has 0 aromatic carbocycles. The van der Waals surface area contributed by atoms with Crippen LogP contribution in [0.2, 0.25) is 0 Å². The van der Waals surface area contributed by atoms with Crippen molar-refractivity contribution in [1.82, 2.24) is 9.97 Å². The van der Waals surface area contributed by atoms with Crippen LogP contribution in [0.1, 0.15) is 29.4 Å². The van der Waals surface area contributed by atoms with E-state index in [1.807, 2.05) is 38.1 Å². The van der Waals surface area contributed by atoms with Crippen LogP contribution in [0.25, 0.3) is 0 Å². The van der Waals surface area contributed by atoms with Crippen LogP contribution in [0.4, 0.5) is 11.6 Å². The van der Waals surface area contributed by atoms with E-state index in [4.69, 9.17) is 10.5 Å². The van der Waals surface area contributed by atoms with Gasteiger partial charge < -0.3 is 9.80 Å². The summed E-state index contributed by atoms with van der Waals surface area (Å²) in [7, 11) is 0. The van der Waals surface area contributed by atoms with Crippen LogP contribution in [-0.2, 0) is 0 Å². The lowest BCUT2D eigenvalue weighted by Gasteiger charge is -2.24. The topological polar surface area (TPSA) is 79.8 Å². The van der Waals surface area contributed by atoms with Gasteiger partial charge in [0.05, 0.1) is 22.5 Å². The molecular weight excluding hydrogens is 324 g/mol. The zero-order chi connectivity index (χ0) is 18.7. The second-order valence-electron chi connectivity index (χ2n) is 6.83. The Kier molecular flexibility index (Phi) is 5.04. The van der Waals surface area contributed by atoms with Gasteiger partial charge in [0.2, 0.25) is 0 Å². The molecule has 0 amide bonds. The first-order valence-electron chi connectivity index (χ1n) is 8.77. The molecule has 26 heavy (non-hydrogen) atoms. The third kappa shape index (κ3) is 3.60. The van der Waals surface area contributed by atoms with Crippen LogP contribution in [0.3, 0.4) is 0 Å². The van der Waals surface area contributed by atoms with Gasteiger partial charge >= 0.3 is 0 Å². The van der Waals surface area contributed by atoms with Crippen molar-refractivity contribution in [2.24, 2.45) is 5.92 Å². The maximum Gasteiger partial charge on any atom is 0.128 e. The Labute approximate surface area is 154 Å². The maximum atomic E-state index is 9.09. The van der Waals surface area contributed by atoms with Gasteiger partial charge in [-0.2, -0.15) is 10.5 Å². The number of hydrogen-bond donors (Lipinski definition) is 0. The highest BCUT2D eigenvalue weighted by molar-refractivity contribution is 5.48. The Morgan fingerprint density at radius 3 is 1.62 bits per heavy atom. The molecule has 0 saturated carbocycles. The van der Waals surface area contributed by atoms with E-state index >= 15 is 0 Å². The molecular formula is C20H22N6. The monoisotopic (exact) mass is 346 g/mol. The average molecular weight is 346 g/mol. The third-order valence-corrected chi connectivity index (χ3v) is 4.74. The highest BCUT2D eigenvalue weighted by Gasteiger charge is 2.22. The fraction of sp³-hybridized carbons (Fsp3) is 0.400. The minimum absolute atomic E-state index is 0.438. The summed E-state index contributed by atoms with van der Waals surface area (Å²) in [6.45, 7) is 9.46. The summed E-state index contributed by atoms with van der Waals surface area (Å²) >= 11 is 0. The summed E-state index contributed by atoms with van der Waals surface area (Å²) in [5.41, 5.74) is 2.78. The van der Waals surface area contributed by atoms with E-state index in [0.717, 1.165) is 49.2 Å². The lowest BCUT2D eigenvalue weighted by atomic mass is 10.1. The highest BCUT2D eigenvalue weighted by Crippen LogP contribution is 2.22. The summed E-state index contributed by atoms with van der Waals surface area (Å²) in [5, 5.41) is 18.2. The van der Waals surface area contributed by atoms with Gasteiger partial charge in [0.15, 0.2) is 0 Å². The summed E-state index contributed by atoms with van der Waals surface area (Å²) in [6.07, 6.45) is 0. The summed E-state index contributed by atoms with van der Waals surface area (Å²) in [5.74, 6) is 2.27. The van der Waals surface area contributed by atoms with Crippen molar-refractivity contribution in [1.29, 1.82) is 10.5 Å². The van der Waals surface area contributed by atoms with E-state index in [2.05, 4.69) is 38.8 Å². The van der Waals surface area contributed by atoms with Crippen LogP contribution in [-0.4, -0.2) is 36.1 Å². The van der Waals surface area contributed by atoms with Gasteiger partial charge in [-0.05, 0) is 44.0 Å². The van der Waals surface area contributed by atoms with Crippen LogP contribution in [0, 0.1) is 42.4 Å².